The molecule has 2 aromatic carbocycles. The molecule has 2 N–H and O–H groups in total. The van der Waals surface area contributed by atoms with Gasteiger partial charge in [0.05, 0.1) is 11.4 Å². The van der Waals surface area contributed by atoms with Gasteiger partial charge in [0.25, 0.3) is 0 Å². The van der Waals surface area contributed by atoms with E-state index in [-0.39, 0.29) is 29.4 Å². The lowest BCUT2D eigenvalue weighted by Gasteiger charge is -2.33. The lowest BCUT2D eigenvalue weighted by atomic mass is 10.0. The normalized spacial score (nSPS) is 16.6. The first-order chi connectivity index (χ1) is 19.3. The molecule has 208 valence electrons. The SMILES string of the molecule is O=S(=O)(Nc1cc(Cl)cc(-c2cn(-c3ccc(N4CCNCC4)cc3)nc2-c2ccncc2)c1F)N1CC(F)C1. The average Bonchev–Trinajstić information content (AvgIpc) is 3.39. The summed E-state index contributed by atoms with van der Waals surface area (Å²) in [5, 5.41) is 8.23. The van der Waals surface area contributed by atoms with Crippen molar-refractivity contribution in [2.24, 2.45) is 0 Å². The number of halogens is 3. The molecule has 2 fully saturated rings. The van der Waals surface area contributed by atoms with Gasteiger partial charge >= 0.3 is 10.2 Å². The smallest absolute Gasteiger partial charge is 0.301 e. The van der Waals surface area contributed by atoms with Gasteiger partial charge in [0.2, 0.25) is 0 Å². The molecule has 0 radical (unpaired) electrons. The standard InChI is InChI=1S/C27H26ClF2N7O2S/c28-19-13-23(26(30)25(14-19)34-40(38,39)36-15-20(29)16-36)24-17-37(33-27(24)18-5-7-31-8-6-18)22-3-1-21(2-4-22)35-11-9-32-10-12-35/h1-8,13-14,17,20,32,34H,9-12,15-16H2. The minimum atomic E-state index is -4.15. The number of hydrogen-bond donors (Lipinski definition) is 2. The molecule has 0 aliphatic carbocycles. The Labute approximate surface area is 235 Å². The summed E-state index contributed by atoms with van der Waals surface area (Å²) in [6.45, 7) is 3.13. The van der Waals surface area contributed by atoms with Crippen LogP contribution in [0.2, 0.25) is 5.02 Å². The van der Waals surface area contributed by atoms with Crippen molar-refractivity contribution in [1.82, 2.24) is 24.4 Å². The van der Waals surface area contributed by atoms with Crippen molar-refractivity contribution in [3.05, 3.63) is 78.0 Å². The molecule has 2 saturated heterocycles. The van der Waals surface area contributed by atoms with E-state index in [4.69, 9.17) is 16.7 Å². The molecule has 0 amide bonds. The van der Waals surface area contributed by atoms with E-state index in [1.54, 1.807) is 35.4 Å². The number of anilines is 2. The Balaban J connectivity index is 1.40. The maximum atomic E-state index is 16.0. The van der Waals surface area contributed by atoms with Gasteiger partial charge in [0.1, 0.15) is 11.9 Å². The van der Waals surface area contributed by atoms with Crippen LogP contribution < -0.4 is 14.9 Å². The van der Waals surface area contributed by atoms with Crippen LogP contribution in [-0.4, -0.2) is 72.9 Å². The molecule has 0 bridgehead atoms. The van der Waals surface area contributed by atoms with Crippen LogP contribution in [0.5, 0.6) is 0 Å². The molecule has 6 rings (SSSR count). The first kappa shape index (κ1) is 26.6. The highest BCUT2D eigenvalue weighted by Crippen LogP contribution is 2.38. The Kier molecular flexibility index (Phi) is 7.17. The van der Waals surface area contributed by atoms with E-state index >= 15 is 4.39 Å². The van der Waals surface area contributed by atoms with Gasteiger partial charge in [-0.05, 0) is 48.5 Å². The molecule has 0 saturated carbocycles. The van der Waals surface area contributed by atoms with Gasteiger partial charge in [0.15, 0.2) is 5.82 Å². The summed E-state index contributed by atoms with van der Waals surface area (Å²) >= 11 is 6.34. The van der Waals surface area contributed by atoms with Gasteiger partial charge in [-0.25, -0.2) is 13.5 Å². The van der Waals surface area contributed by atoms with Gasteiger partial charge in [0, 0.05) is 85.3 Å². The quantitative estimate of drug-likeness (QED) is 0.339. The summed E-state index contributed by atoms with van der Waals surface area (Å²) in [4.78, 5) is 6.37. The molecule has 9 nitrogen and oxygen atoms in total. The van der Waals surface area contributed by atoms with E-state index < -0.39 is 22.2 Å². The average molecular weight is 586 g/mol. The molecule has 13 heteroatoms. The monoisotopic (exact) mass is 585 g/mol. The molecule has 4 heterocycles. The highest BCUT2D eigenvalue weighted by molar-refractivity contribution is 7.90. The van der Waals surface area contributed by atoms with Crippen molar-refractivity contribution in [2.45, 2.75) is 6.17 Å². The number of piperazine rings is 1. The minimum absolute atomic E-state index is 0.0627. The van der Waals surface area contributed by atoms with E-state index in [0.29, 0.717) is 16.8 Å². The van der Waals surface area contributed by atoms with E-state index in [0.717, 1.165) is 41.9 Å². The van der Waals surface area contributed by atoms with Crippen molar-refractivity contribution in [1.29, 1.82) is 0 Å². The van der Waals surface area contributed by atoms with Crippen molar-refractivity contribution in [3.8, 4) is 28.1 Å². The van der Waals surface area contributed by atoms with E-state index in [9.17, 15) is 12.8 Å². The fourth-order valence-electron chi connectivity index (χ4n) is 4.81. The summed E-state index contributed by atoms with van der Waals surface area (Å²) in [6, 6.07) is 14.1. The highest BCUT2D eigenvalue weighted by atomic mass is 35.5. The molecule has 0 spiro atoms. The zero-order valence-electron chi connectivity index (χ0n) is 21.3. The largest absolute Gasteiger partial charge is 0.369 e. The summed E-state index contributed by atoms with van der Waals surface area (Å²) in [6.07, 6.45) is 3.67. The maximum absolute atomic E-state index is 16.0. The third-order valence-electron chi connectivity index (χ3n) is 6.97. The van der Waals surface area contributed by atoms with Crippen LogP contribution >= 0.6 is 11.6 Å². The van der Waals surface area contributed by atoms with Crippen LogP contribution in [0.15, 0.2) is 67.1 Å². The topological polar surface area (TPSA) is 95.4 Å². The van der Waals surface area contributed by atoms with Crippen molar-refractivity contribution in [3.63, 3.8) is 0 Å². The van der Waals surface area contributed by atoms with Gasteiger partial charge in [-0.3, -0.25) is 9.71 Å². The Morgan fingerprint density at radius 3 is 2.33 bits per heavy atom. The third kappa shape index (κ3) is 5.27. The highest BCUT2D eigenvalue weighted by Gasteiger charge is 2.36. The number of pyridine rings is 1. The number of aromatic nitrogens is 3. The number of nitrogens with zero attached hydrogens (tertiary/aromatic N) is 5. The number of rotatable bonds is 7. The lowest BCUT2D eigenvalue weighted by molar-refractivity contribution is 0.142. The number of alkyl halides is 1. The third-order valence-corrected chi connectivity index (χ3v) is 8.65. The van der Waals surface area contributed by atoms with Gasteiger partial charge in [-0.1, -0.05) is 11.6 Å². The number of benzene rings is 2. The van der Waals surface area contributed by atoms with Gasteiger partial charge in [-0.15, -0.1) is 0 Å². The van der Waals surface area contributed by atoms with E-state index in [1.807, 2.05) is 24.3 Å². The van der Waals surface area contributed by atoms with Crippen molar-refractivity contribution in [2.75, 3.05) is 48.9 Å². The molecule has 2 aliphatic heterocycles. The Morgan fingerprint density at radius 1 is 0.975 bits per heavy atom. The van der Waals surface area contributed by atoms with Crippen LogP contribution in [-0.2, 0) is 10.2 Å². The Bertz CT molecular complexity index is 1620. The summed E-state index contributed by atoms with van der Waals surface area (Å²) in [5.74, 6) is -0.825. The zero-order valence-corrected chi connectivity index (χ0v) is 22.8. The van der Waals surface area contributed by atoms with Gasteiger partial charge in [-0.2, -0.15) is 17.8 Å². The second-order valence-corrected chi connectivity index (χ2v) is 11.8. The summed E-state index contributed by atoms with van der Waals surface area (Å²) < 4.78 is 59.4. The predicted octanol–water partition coefficient (Wildman–Crippen LogP) is 4.11. The van der Waals surface area contributed by atoms with Crippen LogP contribution in [0, 0.1) is 5.82 Å². The fraction of sp³-hybridized carbons (Fsp3) is 0.259. The summed E-state index contributed by atoms with van der Waals surface area (Å²) in [7, 11) is -4.15. The minimum Gasteiger partial charge on any atom is -0.369 e. The Morgan fingerprint density at radius 2 is 1.65 bits per heavy atom. The molecular formula is C27H26ClF2N7O2S. The molecular weight excluding hydrogens is 560 g/mol. The van der Waals surface area contributed by atoms with Gasteiger partial charge < -0.3 is 10.2 Å². The Hall–Kier alpha value is -3.58. The number of nitrogens with one attached hydrogen (secondary N) is 2. The molecule has 40 heavy (non-hydrogen) atoms. The molecule has 0 atom stereocenters. The van der Waals surface area contributed by atoms with Crippen LogP contribution in [0.4, 0.5) is 20.2 Å². The predicted molar refractivity (Wildman–Crippen MR) is 151 cm³/mol. The zero-order chi connectivity index (χ0) is 27.9. The fourth-order valence-corrected chi connectivity index (χ4v) is 6.30. The van der Waals surface area contributed by atoms with E-state index in [2.05, 4.69) is 19.9 Å². The first-order valence-electron chi connectivity index (χ1n) is 12.8. The van der Waals surface area contributed by atoms with Crippen LogP contribution in [0.1, 0.15) is 0 Å². The molecule has 4 aromatic rings. The first-order valence-corrected chi connectivity index (χ1v) is 14.6. The molecule has 0 unspecified atom stereocenters. The van der Waals surface area contributed by atoms with Crippen molar-refractivity contribution >= 4 is 33.2 Å². The molecule has 2 aliphatic rings. The van der Waals surface area contributed by atoms with Crippen molar-refractivity contribution < 1.29 is 17.2 Å². The second-order valence-electron chi connectivity index (χ2n) is 9.66. The van der Waals surface area contributed by atoms with E-state index in [1.165, 1.54) is 12.1 Å². The second kappa shape index (κ2) is 10.8. The number of hydrogen-bond acceptors (Lipinski definition) is 6. The lowest BCUT2D eigenvalue weighted by Crippen LogP contribution is -2.53. The molecule has 2 aromatic heterocycles. The van der Waals surface area contributed by atoms with Crippen LogP contribution in [0.25, 0.3) is 28.1 Å². The summed E-state index contributed by atoms with van der Waals surface area (Å²) in [5.41, 5.74) is 3.16. The maximum Gasteiger partial charge on any atom is 0.301 e. The van der Waals surface area contributed by atoms with Crippen LogP contribution in [0.3, 0.4) is 0 Å².